The number of hydrogen-bond donors (Lipinski definition) is 3. The molecule has 1 saturated heterocycles. The Kier molecular flexibility index (Phi) is 12.4. The molecule has 11 nitrogen and oxygen atoms in total. The smallest absolute Gasteiger partial charge is 0.332 e. The van der Waals surface area contributed by atoms with E-state index >= 15 is 0 Å². The first kappa shape index (κ1) is 32.6. The number of carbonyl (C=O) groups excluding carboxylic acids is 5. The number of phenols is 1. The lowest BCUT2D eigenvalue weighted by Crippen LogP contribution is -2.50. The number of aromatic hydroxyl groups is 1. The second kappa shape index (κ2) is 15.2. The molecule has 1 aliphatic heterocycles. The molecular weight excluding hydrogens is 520 g/mol. The summed E-state index contributed by atoms with van der Waals surface area (Å²) >= 11 is 0. The van der Waals surface area contributed by atoms with Crippen LogP contribution in [0.25, 0.3) is 0 Å². The number of ether oxygens (including phenoxy) is 3. The van der Waals surface area contributed by atoms with Gasteiger partial charge in [-0.15, -0.1) is 0 Å². The summed E-state index contributed by atoms with van der Waals surface area (Å²) in [4.78, 5) is 63.2. The van der Waals surface area contributed by atoms with Crippen molar-refractivity contribution in [3.63, 3.8) is 0 Å². The highest BCUT2D eigenvalue weighted by Crippen LogP contribution is 2.29. The van der Waals surface area contributed by atoms with Crippen LogP contribution in [0, 0.1) is 17.8 Å². The molecule has 0 radical (unpaired) electrons. The summed E-state index contributed by atoms with van der Waals surface area (Å²) in [6.07, 6.45) is -0.202. The Bertz CT molecular complexity index is 1060. The van der Waals surface area contributed by atoms with E-state index in [1.54, 1.807) is 0 Å². The van der Waals surface area contributed by atoms with E-state index in [-0.39, 0.29) is 23.6 Å². The van der Waals surface area contributed by atoms with Crippen molar-refractivity contribution < 1.29 is 43.3 Å². The fourth-order valence-corrected chi connectivity index (χ4v) is 4.37. The molecule has 3 N–H and O–H groups in total. The van der Waals surface area contributed by atoms with Gasteiger partial charge in [-0.1, -0.05) is 46.6 Å². The third-order valence-electron chi connectivity index (χ3n) is 7.13. The molecule has 1 fully saturated rings. The molecule has 0 bridgehead atoms. The van der Waals surface area contributed by atoms with E-state index in [2.05, 4.69) is 10.6 Å². The maximum Gasteiger partial charge on any atom is 0.332 e. The van der Waals surface area contributed by atoms with Crippen molar-refractivity contribution in [2.24, 2.45) is 17.8 Å². The molecule has 1 aromatic rings. The molecule has 0 saturated carbocycles. The lowest BCUT2D eigenvalue weighted by atomic mass is 9.90. The van der Waals surface area contributed by atoms with Crippen LogP contribution in [0.4, 0.5) is 5.69 Å². The Hall–Kier alpha value is -3.63. The van der Waals surface area contributed by atoms with Gasteiger partial charge in [0.2, 0.25) is 6.41 Å². The number of benzene rings is 1. The number of rotatable bonds is 12. The highest BCUT2D eigenvalue weighted by atomic mass is 16.6. The van der Waals surface area contributed by atoms with Gasteiger partial charge in [-0.25, -0.2) is 4.79 Å². The second-order valence-corrected chi connectivity index (χ2v) is 10.8. The zero-order chi connectivity index (χ0) is 30.0. The van der Waals surface area contributed by atoms with Crippen LogP contribution < -0.4 is 10.6 Å². The van der Waals surface area contributed by atoms with Gasteiger partial charge in [0.05, 0.1) is 17.2 Å². The molecule has 1 heterocycles. The summed E-state index contributed by atoms with van der Waals surface area (Å²) in [5.41, 5.74) is -0.215. The number of nitrogens with one attached hydrogen (secondary N) is 2. The molecule has 2 amide bonds. The number of hydrogen-bond acceptors (Lipinski definition) is 9. The van der Waals surface area contributed by atoms with Crippen molar-refractivity contribution in [1.29, 1.82) is 0 Å². The SMILES string of the molecule is CC[C@@H](C)CCC(=O)O[C@H]1[C@H](C)OC(=O)[C@@H](NC(=O)c2cccc(NC=O)c2O)[C@@H](C)OC(=O)[C@@H]1CCC(C)C. The van der Waals surface area contributed by atoms with Crippen molar-refractivity contribution in [3.05, 3.63) is 23.8 Å². The zero-order valence-electron chi connectivity index (χ0n) is 24.1. The van der Waals surface area contributed by atoms with E-state index in [0.29, 0.717) is 31.6 Å². The first-order valence-electron chi connectivity index (χ1n) is 13.8. The molecule has 0 spiro atoms. The Morgan fingerprint density at radius 2 is 1.75 bits per heavy atom. The molecule has 6 atom stereocenters. The molecule has 222 valence electrons. The number of para-hydroxylation sites is 1. The molecule has 0 aromatic heterocycles. The van der Waals surface area contributed by atoms with Crippen molar-refractivity contribution in [2.75, 3.05) is 5.32 Å². The van der Waals surface area contributed by atoms with Crippen LogP contribution in [0.15, 0.2) is 18.2 Å². The Morgan fingerprint density at radius 3 is 2.38 bits per heavy atom. The third kappa shape index (κ3) is 8.96. The maximum atomic E-state index is 13.4. The van der Waals surface area contributed by atoms with E-state index in [4.69, 9.17) is 14.2 Å². The number of phenolic OH excluding ortho intramolecular Hbond substituents is 1. The zero-order valence-corrected chi connectivity index (χ0v) is 24.1. The van der Waals surface area contributed by atoms with Crippen LogP contribution in [0.5, 0.6) is 5.75 Å². The average molecular weight is 563 g/mol. The van der Waals surface area contributed by atoms with Gasteiger partial charge in [-0.05, 0) is 50.7 Å². The minimum atomic E-state index is -1.42. The Labute approximate surface area is 235 Å². The summed E-state index contributed by atoms with van der Waals surface area (Å²) in [5, 5.41) is 15.1. The first-order valence-corrected chi connectivity index (χ1v) is 13.8. The number of carbonyl (C=O) groups is 5. The van der Waals surface area contributed by atoms with E-state index in [1.165, 1.54) is 32.0 Å². The van der Waals surface area contributed by atoms with Crippen LogP contribution in [0.3, 0.4) is 0 Å². The molecule has 11 heteroatoms. The summed E-state index contributed by atoms with van der Waals surface area (Å²) in [5.74, 6) is -3.72. The number of esters is 3. The summed E-state index contributed by atoms with van der Waals surface area (Å²) in [6, 6.07) is 2.71. The highest BCUT2D eigenvalue weighted by molar-refractivity contribution is 6.01. The van der Waals surface area contributed by atoms with Gasteiger partial charge >= 0.3 is 17.9 Å². The van der Waals surface area contributed by atoms with E-state index in [9.17, 15) is 29.1 Å². The molecule has 1 aromatic carbocycles. The number of amides is 2. The molecule has 2 rings (SSSR count). The van der Waals surface area contributed by atoms with Gasteiger partial charge in [-0.3, -0.25) is 19.2 Å². The van der Waals surface area contributed by atoms with E-state index in [0.717, 1.165) is 6.42 Å². The predicted molar refractivity (Wildman–Crippen MR) is 146 cm³/mol. The van der Waals surface area contributed by atoms with Gasteiger partial charge in [0.15, 0.2) is 17.9 Å². The fourth-order valence-electron chi connectivity index (χ4n) is 4.37. The van der Waals surface area contributed by atoms with E-state index < -0.39 is 59.8 Å². The largest absolute Gasteiger partial charge is 0.505 e. The molecular formula is C29H42N2O9. The minimum absolute atomic E-state index is 0.00114. The average Bonchev–Trinajstić information content (AvgIpc) is 2.92. The number of anilines is 1. The number of cyclic esters (lactones) is 2. The van der Waals surface area contributed by atoms with Crippen molar-refractivity contribution in [3.8, 4) is 5.75 Å². The topological polar surface area (TPSA) is 157 Å². The normalized spacial score (nSPS) is 24.0. The van der Waals surface area contributed by atoms with Crippen molar-refractivity contribution in [1.82, 2.24) is 5.32 Å². The third-order valence-corrected chi connectivity index (χ3v) is 7.13. The summed E-state index contributed by atoms with van der Waals surface area (Å²) < 4.78 is 17.0. The van der Waals surface area contributed by atoms with Crippen molar-refractivity contribution in [2.45, 2.75) is 98.0 Å². The van der Waals surface area contributed by atoms with Gasteiger partial charge < -0.3 is 30.0 Å². The Morgan fingerprint density at radius 1 is 1.07 bits per heavy atom. The first-order chi connectivity index (χ1) is 18.9. The quantitative estimate of drug-likeness (QED) is 0.149. The van der Waals surface area contributed by atoms with Crippen LogP contribution in [0.2, 0.25) is 0 Å². The van der Waals surface area contributed by atoms with Crippen molar-refractivity contribution >= 4 is 35.9 Å². The van der Waals surface area contributed by atoms with Crippen LogP contribution in [0.1, 0.15) is 84.0 Å². The standard InChI is InChI=1S/C29H42N2O9/c1-7-17(4)12-14-23(33)40-26-19(6)39-29(37)24(18(5)38-28(36)21(26)13-11-16(2)3)31-27(35)20-9-8-10-22(25(20)34)30-15-32/h8-10,15-19,21,24,26,34H,7,11-14H2,1-6H3,(H,30,32)(H,31,35)/t17-,18-,19+,21-,24+,26+/m1/s1. The monoisotopic (exact) mass is 562 g/mol. The molecule has 0 aliphatic carbocycles. The van der Waals surface area contributed by atoms with Crippen LogP contribution in [-0.4, -0.2) is 59.7 Å². The molecule has 0 unspecified atom stereocenters. The van der Waals surface area contributed by atoms with Gasteiger partial charge in [0.1, 0.15) is 12.2 Å². The van der Waals surface area contributed by atoms with Crippen LogP contribution in [-0.2, 0) is 33.4 Å². The maximum absolute atomic E-state index is 13.4. The van der Waals surface area contributed by atoms with Crippen LogP contribution >= 0.6 is 0 Å². The lowest BCUT2D eigenvalue weighted by molar-refractivity contribution is -0.175. The highest BCUT2D eigenvalue weighted by Gasteiger charge is 2.44. The minimum Gasteiger partial charge on any atom is -0.505 e. The fraction of sp³-hybridized carbons (Fsp3) is 0.621. The Balaban J connectivity index is 2.33. The lowest BCUT2D eigenvalue weighted by Gasteiger charge is -2.29. The summed E-state index contributed by atoms with van der Waals surface area (Å²) in [7, 11) is 0. The van der Waals surface area contributed by atoms with Gasteiger partial charge in [-0.2, -0.15) is 0 Å². The van der Waals surface area contributed by atoms with Gasteiger partial charge in [0.25, 0.3) is 5.91 Å². The predicted octanol–water partition coefficient (Wildman–Crippen LogP) is 3.73. The molecule has 1 aliphatic rings. The second-order valence-electron chi connectivity index (χ2n) is 10.8. The van der Waals surface area contributed by atoms with E-state index in [1.807, 2.05) is 27.7 Å². The summed E-state index contributed by atoms with van der Waals surface area (Å²) in [6.45, 7) is 11.0. The molecule has 40 heavy (non-hydrogen) atoms. The van der Waals surface area contributed by atoms with Gasteiger partial charge in [0, 0.05) is 6.42 Å².